The summed E-state index contributed by atoms with van der Waals surface area (Å²) in [5.74, 6) is 1.31. The number of hydrogen-bond donors (Lipinski definition) is 1. The Bertz CT molecular complexity index is 1200. The molecule has 1 spiro atoms. The van der Waals surface area contributed by atoms with E-state index in [0.29, 0.717) is 17.2 Å². The first-order chi connectivity index (χ1) is 15.6. The van der Waals surface area contributed by atoms with Gasteiger partial charge in [-0.05, 0) is 55.9 Å². The first-order valence-electron chi connectivity index (χ1n) is 11.4. The zero-order valence-corrected chi connectivity index (χ0v) is 18.6. The third kappa shape index (κ3) is 2.99. The highest BCUT2D eigenvalue weighted by molar-refractivity contribution is 5.96. The summed E-state index contributed by atoms with van der Waals surface area (Å²) in [6.07, 6.45) is 5.47. The zero-order valence-electron chi connectivity index (χ0n) is 18.6. The number of nitrogens with one attached hydrogen (secondary N) is 1. The fraction of sp³-hybridized carbons (Fsp3) is 0.423. The molecule has 2 heterocycles. The predicted molar refractivity (Wildman–Crippen MR) is 125 cm³/mol. The Labute approximate surface area is 187 Å². The van der Waals surface area contributed by atoms with Gasteiger partial charge in [-0.2, -0.15) is 0 Å². The van der Waals surface area contributed by atoms with Crippen molar-refractivity contribution in [3.05, 3.63) is 53.5 Å². The number of ether oxygens (including phenoxy) is 2. The van der Waals surface area contributed by atoms with E-state index in [4.69, 9.17) is 14.5 Å². The van der Waals surface area contributed by atoms with E-state index >= 15 is 0 Å². The van der Waals surface area contributed by atoms with Crippen LogP contribution in [0.2, 0.25) is 0 Å². The maximum Gasteiger partial charge on any atom is 0.162 e. The zero-order chi connectivity index (χ0) is 21.9. The average Bonchev–Trinajstić information content (AvgIpc) is 3.22. The second-order valence-corrected chi connectivity index (χ2v) is 9.55. The smallest absolute Gasteiger partial charge is 0.162 e. The van der Waals surface area contributed by atoms with Crippen LogP contribution in [0.3, 0.4) is 0 Å². The first kappa shape index (κ1) is 19.6. The van der Waals surface area contributed by atoms with E-state index in [9.17, 15) is 4.39 Å². The van der Waals surface area contributed by atoms with Gasteiger partial charge in [-0.15, -0.1) is 0 Å². The number of halogens is 1. The van der Waals surface area contributed by atoms with Crippen LogP contribution in [-0.4, -0.2) is 38.3 Å². The topological polar surface area (TPSA) is 46.6 Å². The fourth-order valence-electron chi connectivity index (χ4n) is 5.95. The van der Waals surface area contributed by atoms with Crippen LogP contribution in [-0.2, 0) is 12.8 Å². The lowest BCUT2D eigenvalue weighted by Crippen LogP contribution is -2.65. The van der Waals surface area contributed by atoms with Gasteiger partial charge in [-0.3, -0.25) is 4.98 Å². The number of benzene rings is 2. The van der Waals surface area contributed by atoms with Gasteiger partial charge in [-0.25, -0.2) is 4.39 Å². The highest BCUT2D eigenvalue weighted by Crippen LogP contribution is 2.51. The molecule has 0 atom stereocenters. The molecular formula is C26H28FN3O2. The molecule has 0 amide bonds. The van der Waals surface area contributed by atoms with Crippen molar-refractivity contribution in [2.24, 2.45) is 5.41 Å². The summed E-state index contributed by atoms with van der Waals surface area (Å²) in [6, 6.07) is 11.6. The lowest BCUT2D eigenvalue weighted by molar-refractivity contribution is 0.0746. The molecule has 2 aromatic carbocycles. The summed E-state index contributed by atoms with van der Waals surface area (Å²) in [4.78, 5) is 7.11. The van der Waals surface area contributed by atoms with Crippen LogP contribution in [0.4, 0.5) is 15.8 Å². The van der Waals surface area contributed by atoms with Gasteiger partial charge in [0.1, 0.15) is 5.82 Å². The van der Waals surface area contributed by atoms with Gasteiger partial charge in [0.15, 0.2) is 11.5 Å². The van der Waals surface area contributed by atoms with Gasteiger partial charge >= 0.3 is 0 Å². The molecule has 6 heteroatoms. The van der Waals surface area contributed by atoms with Crippen LogP contribution in [0.15, 0.2) is 36.4 Å². The largest absolute Gasteiger partial charge is 0.493 e. The van der Waals surface area contributed by atoms with E-state index in [2.05, 4.69) is 16.3 Å². The summed E-state index contributed by atoms with van der Waals surface area (Å²) in [5.41, 5.74) is 5.77. The molecule has 1 aliphatic heterocycles. The van der Waals surface area contributed by atoms with Crippen molar-refractivity contribution in [3.8, 4) is 11.5 Å². The van der Waals surface area contributed by atoms with Crippen molar-refractivity contribution in [2.45, 2.75) is 38.1 Å². The molecule has 32 heavy (non-hydrogen) atoms. The number of pyridine rings is 1. The maximum atomic E-state index is 14.1. The quantitative estimate of drug-likeness (QED) is 0.616. The minimum absolute atomic E-state index is 0.125. The lowest BCUT2D eigenvalue weighted by Gasteiger charge is -2.60. The number of para-hydroxylation sites is 1. The minimum Gasteiger partial charge on any atom is -0.493 e. The molecule has 166 valence electrons. The van der Waals surface area contributed by atoms with Crippen LogP contribution in [0, 0.1) is 11.2 Å². The lowest BCUT2D eigenvalue weighted by atomic mass is 9.60. The molecule has 6 rings (SSSR count). The second kappa shape index (κ2) is 7.26. The summed E-state index contributed by atoms with van der Waals surface area (Å²) < 4.78 is 25.2. The third-order valence-electron chi connectivity index (χ3n) is 7.47. The van der Waals surface area contributed by atoms with Crippen LogP contribution >= 0.6 is 0 Å². The Kier molecular flexibility index (Phi) is 4.46. The van der Waals surface area contributed by atoms with Gasteiger partial charge in [0, 0.05) is 47.4 Å². The Morgan fingerprint density at radius 2 is 1.81 bits per heavy atom. The highest BCUT2D eigenvalue weighted by atomic mass is 19.1. The maximum absolute atomic E-state index is 14.1. The van der Waals surface area contributed by atoms with E-state index in [1.807, 2.05) is 18.2 Å². The van der Waals surface area contributed by atoms with Gasteiger partial charge in [0.2, 0.25) is 0 Å². The summed E-state index contributed by atoms with van der Waals surface area (Å²) >= 11 is 0. The minimum atomic E-state index is -0.125. The summed E-state index contributed by atoms with van der Waals surface area (Å²) in [6.45, 7) is 1.87. The fourth-order valence-corrected chi connectivity index (χ4v) is 5.95. The van der Waals surface area contributed by atoms with E-state index in [0.717, 1.165) is 67.5 Å². The van der Waals surface area contributed by atoms with Crippen LogP contribution in [0.25, 0.3) is 10.9 Å². The Morgan fingerprint density at radius 3 is 2.56 bits per heavy atom. The number of fused-ring (bicyclic) bond motifs is 2. The molecule has 5 nitrogen and oxygen atoms in total. The number of rotatable bonds is 5. The number of aromatic nitrogens is 1. The van der Waals surface area contributed by atoms with Gasteiger partial charge in [0.25, 0.3) is 0 Å². The molecular weight excluding hydrogens is 405 g/mol. The van der Waals surface area contributed by atoms with Crippen LogP contribution < -0.4 is 19.7 Å². The molecule has 0 bridgehead atoms. The molecule has 3 aliphatic rings. The van der Waals surface area contributed by atoms with Crippen molar-refractivity contribution in [1.82, 2.24) is 4.98 Å². The number of hydrogen-bond acceptors (Lipinski definition) is 5. The number of anilines is 2. The molecule has 2 fully saturated rings. The molecule has 0 radical (unpaired) electrons. The summed E-state index contributed by atoms with van der Waals surface area (Å²) in [5, 5.41) is 4.97. The van der Waals surface area contributed by atoms with Crippen molar-refractivity contribution < 1.29 is 13.9 Å². The highest BCUT2D eigenvalue weighted by Gasteiger charge is 2.53. The number of methoxy groups -OCH3 is 2. The van der Waals surface area contributed by atoms with Gasteiger partial charge in [-0.1, -0.05) is 12.1 Å². The van der Waals surface area contributed by atoms with Crippen molar-refractivity contribution in [3.63, 3.8) is 0 Å². The SMILES string of the molecule is COc1cc2nc3c(c(NC4CC5(C4)CN(c4ccccc4F)C5)c2cc1OC)CCC3. The molecule has 1 aromatic heterocycles. The Balaban J connectivity index is 1.23. The van der Waals surface area contributed by atoms with E-state index in [1.165, 1.54) is 16.9 Å². The Hall–Kier alpha value is -3.02. The van der Waals surface area contributed by atoms with Crippen LogP contribution in [0.5, 0.6) is 11.5 Å². The van der Waals surface area contributed by atoms with Gasteiger partial charge in [0.05, 0.1) is 25.4 Å². The third-order valence-corrected chi connectivity index (χ3v) is 7.47. The standard InChI is InChI=1S/C26H28FN3O2/c1-31-23-10-18-21(11-24(23)32-2)29-20-8-5-6-17(20)25(18)28-16-12-26(13-16)14-30(15-26)22-9-4-3-7-19(22)27/h3-4,7,9-11,16H,5-6,8,12-15H2,1-2H3,(H,28,29). The first-order valence-corrected chi connectivity index (χ1v) is 11.4. The molecule has 1 saturated heterocycles. The van der Waals surface area contributed by atoms with Crippen molar-refractivity contribution in [2.75, 3.05) is 37.5 Å². The Morgan fingerprint density at radius 1 is 1.06 bits per heavy atom. The molecule has 1 N–H and O–H groups in total. The van der Waals surface area contributed by atoms with Gasteiger partial charge < -0.3 is 19.7 Å². The second-order valence-electron chi connectivity index (χ2n) is 9.55. The molecule has 3 aromatic rings. The molecule has 1 saturated carbocycles. The normalized spacial score (nSPS) is 18.9. The summed E-state index contributed by atoms with van der Waals surface area (Å²) in [7, 11) is 3.33. The monoisotopic (exact) mass is 433 g/mol. The van der Waals surface area contributed by atoms with E-state index in [-0.39, 0.29) is 5.82 Å². The van der Waals surface area contributed by atoms with E-state index < -0.39 is 0 Å². The van der Waals surface area contributed by atoms with Crippen molar-refractivity contribution >= 4 is 22.3 Å². The van der Waals surface area contributed by atoms with Crippen molar-refractivity contribution in [1.29, 1.82) is 0 Å². The number of aryl methyl sites for hydroxylation is 1. The molecule has 0 unspecified atom stereocenters. The average molecular weight is 434 g/mol. The number of nitrogens with zero attached hydrogens (tertiary/aromatic N) is 2. The van der Waals surface area contributed by atoms with E-state index in [1.54, 1.807) is 26.4 Å². The van der Waals surface area contributed by atoms with Crippen LogP contribution in [0.1, 0.15) is 30.5 Å². The molecule has 2 aliphatic carbocycles. The predicted octanol–water partition coefficient (Wildman–Crippen LogP) is 4.96.